The van der Waals surface area contributed by atoms with Gasteiger partial charge < -0.3 is 15.4 Å². The first-order chi connectivity index (χ1) is 15.5. The second-order valence-corrected chi connectivity index (χ2v) is 7.03. The van der Waals surface area contributed by atoms with Crippen LogP contribution in [0.4, 0.5) is 5.69 Å². The Morgan fingerprint density at radius 3 is 2.47 bits per heavy atom. The molecule has 0 spiro atoms. The Bertz CT molecular complexity index is 1310. The Hall–Kier alpha value is -4.40. The van der Waals surface area contributed by atoms with E-state index in [0.29, 0.717) is 29.2 Å². The Kier molecular flexibility index (Phi) is 5.98. The molecular formula is C23H21N5O4. The molecule has 4 rings (SSSR count). The average Bonchev–Trinajstić information content (AvgIpc) is 3.13. The van der Waals surface area contributed by atoms with E-state index in [4.69, 9.17) is 4.74 Å². The van der Waals surface area contributed by atoms with E-state index in [9.17, 15) is 14.4 Å². The highest BCUT2D eigenvalue weighted by molar-refractivity contribution is 5.94. The maximum absolute atomic E-state index is 12.7. The van der Waals surface area contributed by atoms with Gasteiger partial charge in [0.05, 0.1) is 12.7 Å². The number of nitrogens with one attached hydrogen (secondary N) is 2. The van der Waals surface area contributed by atoms with Crippen molar-refractivity contribution in [2.24, 2.45) is 0 Å². The summed E-state index contributed by atoms with van der Waals surface area (Å²) in [4.78, 5) is 37.5. The van der Waals surface area contributed by atoms with Gasteiger partial charge in [-0.1, -0.05) is 30.3 Å². The Labute approximate surface area is 183 Å². The molecular weight excluding hydrogens is 410 g/mol. The quantitative estimate of drug-likeness (QED) is 0.466. The summed E-state index contributed by atoms with van der Waals surface area (Å²) in [5.41, 5.74) is 1.69. The van der Waals surface area contributed by atoms with Gasteiger partial charge in [-0.3, -0.25) is 9.59 Å². The van der Waals surface area contributed by atoms with Crippen LogP contribution in [0.1, 0.15) is 15.9 Å². The topological polar surface area (TPSA) is 107 Å². The summed E-state index contributed by atoms with van der Waals surface area (Å²) >= 11 is 0. The summed E-state index contributed by atoms with van der Waals surface area (Å²) in [5, 5.41) is 9.70. The van der Waals surface area contributed by atoms with Crippen LogP contribution in [0.25, 0.3) is 5.65 Å². The van der Waals surface area contributed by atoms with Crippen LogP contribution in [0.5, 0.6) is 5.75 Å². The van der Waals surface area contributed by atoms with Crippen molar-refractivity contribution in [3.63, 3.8) is 0 Å². The number of amides is 2. The molecule has 0 bridgehead atoms. The summed E-state index contributed by atoms with van der Waals surface area (Å²) in [6.07, 6.45) is 1.42. The zero-order valence-corrected chi connectivity index (χ0v) is 17.3. The third kappa shape index (κ3) is 4.67. The number of methoxy groups -OCH3 is 1. The second-order valence-electron chi connectivity index (χ2n) is 7.03. The predicted molar refractivity (Wildman–Crippen MR) is 119 cm³/mol. The van der Waals surface area contributed by atoms with Crippen LogP contribution in [0, 0.1) is 0 Å². The van der Waals surface area contributed by atoms with Crippen molar-refractivity contribution >= 4 is 23.1 Å². The minimum absolute atomic E-state index is 0.262. The largest absolute Gasteiger partial charge is 0.497 e. The van der Waals surface area contributed by atoms with Gasteiger partial charge in [-0.25, -0.2) is 13.9 Å². The smallest absolute Gasteiger partial charge is 0.350 e. The molecule has 2 heterocycles. The standard InChI is InChI=1S/C23H21N5O4/c1-32-19-10-8-18(9-11-19)25-21(29)15-28-23(31)27-14-17(7-12-20(27)26-28)22(30)24-13-16-5-3-2-4-6-16/h2-12,14H,13,15H2,1H3,(H,24,30)(H,25,29). The van der Waals surface area contributed by atoms with E-state index < -0.39 is 11.6 Å². The van der Waals surface area contributed by atoms with Crippen molar-refractivity contribution in [2.45, 2.75) is 13.1 Å². The SMILES string of the molecule is COc1ccc(NC(=O)Cn2nc3ccc(C(=O)NCc4ccccc4)cn3c2=O)cc1. The van der Waals surface area contributed by atoms with E-state index in [-0.39, 0.29) is 12.5 Å². The van der Waals surface area contributed by atoms with E-state index in [1.165, 1.54) is 10.6 Å². The van der Waals surface area contributed by atoms with Crippen molar-refractivity contribution in [1.29, 1.82) is 0 Å². The number of fused-ring (bicyclic) bond motifs is 1. The molecule has 2 N–H and O–H groups in total. The number of carbonyl (C=O) groups excluding carboxylic acids is 2. The first kappa shape index (κ1) is 20.9. The summed E-state index contributed by atoms with van der Waals surface area (Å²) in [6.45, 7) is 0.111. The maximum Gasteiger partial charge on any atom is 0.350 e. The normalized spacial score (nSPS) is 10.7. The molecule has 32 heavy (non-hydrogen) atoms. The van der Waals surface area contributed by atoms with Crippen LogP contribution in [0.3, 0.4) is 0 Å². The molecule has 0 aliphatic rings. The Morgan fingerprint density at radius 2 is 1.75 bits per heavy atom. The average molecular weight is 431 g/mol. The minimum Gasteiger partial charge on any atom is -0.497 e. The molecule has 4 aromatic rings. The summed E-state index contributed by atoms with van der Waals surface area (Å²) < 4.78 is 7.39. The molecule has 0 aliphatic heterocycles. The van der Waals surface area contributed by atoms with Crippen molar-refractivity contribution in [3.05, 3.63) is 94.5 Å². The lowest BCUT2D eigenvalue weighted by Crippen LogP contribution is -2.28. The van der Waals surface area contributed by atoms with Crippen LogP contribution in [0.15, 0.2) is 77.7 Å². The molecule has 2 aromatic heterocycles. The van der Waals surface area contributed by atoms with Gasteiger partial charge in [0.2, 0.25) is 5.91 Å². The Balaban J connectivity index is 1.45. The molecule has 162 valence electrons. The zero-order chi connectivity index (χ0) is 22.5. The summed E-state index contributed by atoms with van der Waals surface area (Å²) in [5.74, 6) is -0.0441. The van der Waals surface area contributed by atoms with Crippen LogP contribution in [-0.4, -0.2) is 33.1 Å². The number of carbonyl (C=O) groups is 2. The van der Waals surface area contributed by atoms with Gasteiger partial charge >= 0.3 is 5.69 Å². The lowest BCUT2D eigenvalue weighted by atomic mass is 10.2. The van der Waals surface area contributed by atoms with Crippen molar-refractivity contribution in [1.82, 2.24) is 19.5 Å². The molecule has 0 unspecified atom stereocenters. The summed E-state index contributed by atoms with van der Waals surface area (Å²) in [7, 11) is 1.56. The number of benzene rings is 2. The predicted octanol–water partition coefficient (Wildman–Crippen LogP) is 2.07. The molecule has 9 nitrogen and oxygen atoms in total. The third-order valence-corrected chi connectivity index (χ3v) is 4.80. The monoisotopic (exact) mass is 431 g/mol. The van der Waals surface area contributed by atoms with Gasteiger partial charge in [-0.15, -0.1) is 5.10 Å². The number of pyridine rings is 1. The minimum atomic E-state index is -0.511. The number of anilines is 1. The van der Waals surface area contributed by atoms with Crippen molar-refractivity contribution < 1.29 is 14.3 Å². The highest BCUT2D eigenvalue weighted by atomic mass is 16.5. The number of hydrogen-bond donors (Lipinski definition) is 2. The van der Waals surface area contributed by atoms with Crippen molar-refractivity contribution in [3.8, 4) is 5.75 Å². The summed E-state index contributed by atoms with van der Waals surface area (Å²) in [6, 6.07) is 19.5. The molecule has 0 saturated heterocycles. The van der Waals surface area contributed by atoms with Crippen LogP contribution >= 0.6 is 0 Å². The molecule has 2 amide bonds. The molecule has 2 aromatic carbocycles. The fraction of sp³-hybridized carbons (Fsp3) is 0.130. The first-order valence-corrected chi connectivity index (χ1v) is 9.89. The fourth-order valence-electron chi connectivity index (χ4n) is 3.15. The number of rotatable bonds is 7. The van der Waals surface area contributed by atoms with Gasteiger partial charge in [0.25, 0.3) is 5.91 Å². The maximum atomic E-state index is 12.7. The van der Waals surface area contributed by atoms with Gasteiger partial charge in [-0.05, 0) is 42.0 Å². The molecule has 0 saturated carbocycles. The first-order valence-electron chi connectivity index (χ1n) is 9.89. The van der Waals surface area contributed by atoms with E-state index in [0.717, 1.165) is 10.2 Å². The van der Waals surface area contributed by atoms with Gasteiger partial charge in [-0.2, -0.15) is 0 Å². The number of ether oxygens (including phenoxy) is 1. The van der Waals surface area contributed by atoms with E-state index in [1.54, 1.807) is 43.5 Å². The molecule has 0 aliphatic carbocycles. The zero-order valence-electron chi connectivity index (χ0n) is 17.3. The van der Waals surface area contributed by atoms with Crippen molar-refractivity contribution in [2.75, 3.05) is 12.4 Å². The van der Waals surface area contributed by atoms with E-state index >= 15 is 0 Å². The highest BCUT2D eigenvalue weighted by Crippen LogP contribution is 2.15. The second kappa shape index (κ2) is 9.17. The fourth-order valence-corrected chi connectivity index (χ4v) is 3.15. The van der Waals surface area contributed by atoms with Gasteiger partial charge in [0, 0.05) is 18.4 Å². The lowest BCUT2D eigenvalue weighted by Gasteiger charge is -2.05. The molecule has 0 radical (unpaired) electrons. The molecule has 9 heteroatoms. The highest BCUT2D eigenvalue weighted by Gasteiger charge is 2.13. The van der Waals surface area contributed by atoms with Crippen LogP contribution in [0.2, 0.25) is 0 Å². The van der Waals surface area contributed by atoms with Crippen LogP contribution in [-0.2, 0) is 17.9 Å². The van der Waals surface area contributed by atoms with Gasteiger partial charge in [0.1, 0.15) is 12.3 Å². The number of nitrogens with zero attached hydrogens (tertiary/aromatic N) is 3. The third-order valence-electron chi connectivity index (χ3n) is 4.80. The number of hydrogen-bond acceptors (Lipinski definition) is 5. The molecule has 0 fully saturated rings. The Morgan fingerprint density at radius 1 is 1.00 bits per heavy atom. The van der Waals surface area contributed by atoms with Crippen LogP contribution < -0.4 is 21.1 Å². The van der Waals surface area contributed by atoms with E-state index in [1.807, 2.05) is 30.3 Å². The van der Waals surface area contributed by atoms with E-state index in [2.05, 4.69) is 15.7 Å². The van der Waals surface area contributed by atoms with Gasteiger partial charge in [0.15, 0.2) is 5.65 Å². The number of aromatic nitrogens is 3. The molecule has 0 atom stereocenters. The lowest BCUT2D eigenvalue weighted by molar-refractivity contribution is -0.117.